The molecule has 2 aliphatic heterocycles. The molecule has 0 fully saturated rings. The standard InChI is InChI=1S/C15H17N3OS/c1-10-8-18-12-4-2-3-5-15(12)13(10)11(9-20-15)14(19)17-7-6-16/h2-5,8H,6-7,9,16H2,1H3,(H,17,19). The number of thioether (sulfide) groups is 1. The van der Waals surface area contributed by atoms with Gasteiger partial charge in [0.05, 0.1) is 5.71 Å². The second kappa shape index (κ2) is 5.07. The van der Waals surface area contributed by atoms with Gasteiger partial charge in [0, 0.05) is 30.6 Å². The zero-order chi connectivity index (χ0) is 14.2. The van der Waals surface area contributed by atoms with Crippen molar-refractivity contribution in [1.29, 1.82) is 0 Å². The lowest BCUT2D eigenvalue weighted by molar-refractivity contribution is -0.117. The largest absolute Gasteiger partial charge is 0.351 e. The van der Waals surface area contributed by atoms with Crippen LogP contribution in [0.4, 0.5) is 0 Å². The van der Waals surface area contributed by atoms with E-state index in [1.165, 1.54) is 0 Å². The summed E-state index contributed by atoms with van der Waals surface area (Å²) >= 11 is 1.76. The third-order valence-electron chi connectivity index (χ3n) is 3.69. The maximum atomic E-state index is 12.3. The highest BCUT2D eigenvalue weighted by Crippen LogP contribution is 2.50. The summed E-state index contributed by atoms with van der Waals surface area (Å²) in [4.78, 5) is 16.9. The molecule has 0 bridgehead atoms. The van der Waals surface area contributed by atoms with Gasteiger partial charge in [0.2, 0.25) is 5.91 Å². The summed E-state index contributed by atoms with van der Waals surface area (Å²) in [5.74, 6) is 0.695. The Morgan fingerprint density at radius 1 is 1.55 bits per heavy atom. The van der Waals surface area contributed by atoms with Crippen molar-refractivity contribution in [2.45, 2.75) is 11.7 Å². The molecule has 4 nitrogen and oxygen atoms in total. The van der Waals surface area contributed by atoms with Gasteiger partial charge in [-0.15, -0.1) is 11.8 Å². The van der Waals surface area contributed by atoms with E-state index in [1.54, 1.807) is 11.8 Å². The van der Waals surface area contributed by atoms with E-state index in [2.05, 4.69) is 16.4 Å². The minimum atomic E-state index is -0.275. The average molecular weight is 287 g/mol. The first-order chi connectivity index (χ1) is 9.69. The van der Waals surface area contributed by atoms with E-state index in [0.717, 1.165) is 22.4 Å². The number of nitrogens with two attached hydrogens (primary N) is 1. The summed E-state index contributed by atoms with van der Waals surface area (Å²) in [5, 5.41) is 2.88. The molecule has 0 saturated heterocycles. The minimum absolute atomic E-state index is 0.00761. The monoisotopic (exact) mass is 287 g/mol. The summed E-state index contributed by atoms with van der Waals surface area (Å²) in [7, 11) is 0. The maximum absolute atomic E-state index is 12.3. The normalized spacial score (nSPS) is 26.9. The van der Waals surface area contributed by atoms with Crippen LogP contribution in [0, 0.1) is 0 Å². The third-order valence-corrected chi connectivity index (χ3v) is 5.13. The molecule has 104 valence electrons. The molecule has 3 rings (SSSR count). The van der Waals surface area contributed by atoms with Crippen LogP contribution in [-0.2, 0) is 4.79 Å². The zero-order valence-electron chi connectivity index (χ0n) is 11.3. The van der Waals surface area contributed by atoms with Gasteiger partial charge >= 0.3 is 0 Å². The Balaban J connectivity index is 2.05. The Bertz CT molecular complexity index is 613. The number of carbonyl (C=O) groups is 1. The van der Waals surface area contributed by atoms with E-state index in [0.29, 0.717) is 18.8 Å². The topological polar surface area (TPSA) is 67.5 Å². The number of amides is 1. The predicted octanol–water partition coefficient (Wildman–Crippen LogP) is 1.33. The predicted molar refractivity (Wildman–Crippen MR) is 83.8 cm³/mol. The second-order valence-corrected chi connectivity index (χ2v) is 6.19. The molecule has 3 N–H and O–H groups in total. The van der Waals surface area contributed by atoms with Crippen LogP contribution < -0.4 is 11.1 Å². The third kappa shape index (κ3) is 1.89. The molecule has 1 amide bonds. The Kier molecular flexibility index (Phi) is 3.40. The Labute approximate surface area is 122 Å². The van der Waals surface area contributed by atoms with Gasteiger partial charge in [0.15, 0.2) is 0 Å². The van der Waals surface area contributed by atoms with Crippen LogP contribution in [0.2, 0.25) is 0 Å². The molecule has 5 heteroatoms. The van der Waals surface area contributed by atoms with Gasteiger partial charge in [0.1, 0.15) is 4.75 Å². The molecular formula is C15H17N3OS. The fourth-order valence-corrected chi connectivity index (χ4v) is 4.33. The molecule has 20 heavy (non-hydrogen) atoms. The SMILES string of the molecule is CC1=CN=C2C=CC=CC23SCC(C(=O)NCCN)=C13. The van der Waals surface area contributed by atoms with Crippen molar-refractivity contribution in [3.63, 3.8) is 0 Å². The van der Waals surface area contributed by atoms with Gasteiger partial charge in [0.25, 0.3) is 0 Å². The Morgan fingerprint density at radius 3 is 3.20 bits per heavy atom. The summed E-state index contributed by atoms with van der Waals surface area (Å²) < 4.78 is -0.275. The van der Waals surface area contributed by atoms with E-state index in [9.17, 15) is 4.79 Å². The first-order valence-corrected chi connectivity index (χ1v) is 7.65. The van der Waals surface area contributed by atoms with E-state index < -0.39 is 0 Å². The number of nitrogens with one attached hydrogen (secondary N) is 1. The van der Waals surface area contributed by atoms with E-state index in [4.69, 9.17) is 5.73 Å². The molecule has 0 saturated carbocycles. The molecule has 1 spiro atoms. The van der Waals surface area contributed by atoms with Crippen molar-refractivity contribution in [3.8, 4) is 0 Å². The lowest BCUT2D eigenvalue weighted by atomic mass is 9.81. The van der Waals surface area contributed by atoms with Crippen molar-refractivity contribution in [2.75, 3.05) is 18.8 Å². The quantitative estimate of drug-likeness (QED) is 0.823. The molecule has 0 aromatic rings. The Morgan fingerprint density at radius 2 is 2.40 bits per heavy atom. The molecular weight excluding hydrogens is 270 g/mol. The lowest BCUT2D eigenvalue weighted by Crippen LogP contribution is -2.37. The Hall–Kier alpha value is -1.59. The van der Waals surface area contributed by atoms with Crippen molar-refractivity contribution >= 4 is 23.4 Å². The molecule has 1 aliphatic carbocycles. The number of allylic oxidation sites excluding steroid dienone is 4. The van der Waals surface area contributed by atoms with E-state index in [-0.39, 0.29) is 10.7 Å². The molecule has 1 atom stereocenters. The first kappa shape index (κ1) is 13.4. The van der Waals surface area contributed by atoms with Gasteiger partial charge < -0.3 is 11.1 Å². The summed E-state index contributed by atoms with van der Waals surface area (Å²) in [5.41, 5.74) is 9.48. The fourth-order valence-electron chi connectivity index (χ4n) is 2.81. The van der Waals surface area contributed by atoms with Crippen LogP contribution in [0.5, 0.6) is 0 Å². The van der Waals surface area contributed by atoms with Crippen LogP contribution in [0.15, 0.2) is 52.2 Å². The molecule has 0 aromatic carbocycles. The van der Waals surface area contributed by atoms with Crippen molar-refractivity contribution in [1.82, 2.24) is 5.32 Å². The summed E-state index contributed by atoms with van der Waals surface area (Å²) in [6.45, 7) is 2.98. The number of rotatable bonds is 3. The van der Waals surface area contributed by atoms with Gasteiger partial charge in [-0.25, -0.2) is 0 Å². The van der Waals surface area contributed by atoms with Gasteiger partial charge in [-0.05, 0) is 24.1 Å². The van der Waals surface area contributed by atoms with E-state index in [1.807, 2.05) is 31.4 Å². The van der Waals surface area contributed by atoms with Crippen LogP contribution in [0.3, 0.4) is 0 Å². The molecule has 1 unspecified atom stereocenters. The molecule has 2 heterocycles. The van der Waals surface area contributed by atoms with Crippen molar-refractivity contribution < 1.29 is 4.79 Å². The average Bonchev–Trinajstić information content (AvgIpc) is 2.85. The lowest BCUT2D eigenvalue weighted by Gasteiger charge is -2.33. The first-order valence-electron chi connectivity index (χ1n) is 6.66. The van der Waals surface area contributed by atoms with Crippen LogP contribution >= 0.6 is 11.8 Å². The fraction of sp³-hybridized carbons (Fsp3) is 0.333. The molecule has 0 radical (unpaired) electrons. The molecule has 0 aromatic heterocycles. The number of hydrogen-bond acceptors (Lipinski definition) is 4. The van der Waals surface area contributed by atoms with Gasteiger partial charge in [-0.2, -0.15) is 0 Å². The van der Waals surface area contributed by atoms with Crippen molar-refractivity contribution in [2.24, 2.45) is 10.7 Å². The van der Waals surface area contributed by atoms with Crippen molar-refractivity contribution in [3.05, 3.63) is 47.2 Å². The van der Waals surface area contributed by atoms with Gasteiger partial charge in [-0.3, -0.25) is 9.79 Å². The summed E-state index contributed by atoms with van der Waals surface area (Å²) in [6, 6.07) is 0. The van der Waals surface area contributed by atoms with Crippen LogP contribution in [0.1, 0.15) is 6.92 Å². The van der Waals surface area contributed by atoms with E-state index >= 15 is 0 Å². The highest BCUT2D eigenvalue weighted by Gasteiger charge is 2.47. The number of nitrogens with zero attached hydrogens (tertiary/aromatic N) is 1. The number of aliphatic imine (C=N–C) groups is 1. The number of carbonyl (C=O) groups excluding carboxylic acids is 1. The second-order valence-electron chi connectivity index (χ2n) is 4.97. The van der Waals surface area contributed by atoms with Gasteiger partial charge in [-0.1, -0.05) is 18.2 Å². The maximum Gasteiger partial charge on any atom is 0.248 e. The smallest absolute Gasteiger partial charge is 0.248 e. The zero-order valence-corrected chi connectivity index (χ0v) is 12.2. The van der Waals surface area contributed by atoms with Crippen LogP contribution in [-0.4, -0.2) is 35.2 Å². The highest BCUT2D eigenvalue weighted by atomic mass is 32.2. The minimum Gasteiger partial charge on any atom is -0.351 e. The van der Waals surface area contributed by atoms with Crippen LogP contribution in [0.25, 0.3) is 0 Å². The molecule has 3 aliphatic rings. The summed E-state index contributed by atoms with van der Waals surface area (Å²) in [6.07, 6.45) is 10.0. The number of hydrogen-bond donors (Lipinski definition) is 2. The highest BCUT2D eigenvalue weighted by molar-refractivity contribution is 8.02.